The van der Waals surface area contributed by atoms with Gasteiger partial charge in [-0.2, -0.15) is 0 Å². The van der Waals surface area contributed by atoms with Gasteiger partial charge in [0.05, 0.1) is 6.54 Å². The standard InChI is InChI=1S/C14H11ClN2O2S/c1-8-4-13(18)19-12-5-9(2-3-11(8)12)16-6-10-7-17-14(15)20-10/h2-5,7,16H,6H2,1H3. The SMILES string of the molecule is Cc1cc(=O)oc2cc(NCc3cnc(Cl)s3)ccc12. The minimum atomic E-state index is -0.332. The summed E-state index contributed by atoms with van der Waals surface area (Å²) in [6.07, 6.45) is 1.74. The number of hydrogen-bond acceptors (Lipinski definition) is 5. The Bertz CT molecular complexity index is 825. The van der Waals surface area contributed by atoms with Gasteiger partial charge in [0.15, 0.2) is 4.47 Å². The first-order valence-electron chi connectivity index (χ1n) is 6.00. The van der Waals surface area contributed by atoms with E-state index in [0.717, 1.165) is 21.5 Å². The van der Waals surface area contributed by atoms with Crippen molar-refractivity contribution in [3.63, 3.8) is 0 Å². The Morgan fingerprint density at radius 3 is 3.00 bits per heavy atom. The number of aromatic nitrogens is 1. The highest BCUT2D eigenvalue weighted by Crippen LogP contribution is 2.22. The highest BCUT2D eigenvalue weighted by atomic mass is 35.5. The van der Waals surface area contributed by atoms with Crippen LogP contribution < -0.4 is 10.9 Å². The number of aryl methyl sites for hydroxylation is 1. The number of nitrogens with one attached hydrogen (secondary N) is 1. The monoisotopic (exact) mass is 306 g/mol. The van der Waals surface area contributed by atoms with Crippen LogP contribution in [0.15, 0.2) is 39.7 Å². The highest BCUT2D eigenvalue weighted by molar-refractivity contribution is 7.15. The normalized spacial score (nSPS) is 10.9. The van der Waals surface area contributed by atoms with Gasteiger partial charge in [-0.05, 0) is 24.6 Å². The largest absolute Gasteiger partial charge is 0.423 e. The number of thiazole rings is 1. The zero-order valence-electron chi connectivity index (χ0n) is 10.6. The second-order valence-corrected chi connectivity index (χ2v) is 6.09. The van der Waals surface area contributed by atoms with Gasteiger partial charge in [-0.3, -0.25) is 0 Å². The molecule has 6 heteroatoms. The van der Waals surface area contributed by atoms with Crippen molar-refractivity contribution in [1.29, 1.82) is 0 Å². The van der Waals surface area contributed by atoms with E-state index in [4.69, 9.17) is 16.0 Å². The predicted molar refractivity (Wildman–Crippen MR) is 81.7 cm³/mol. The molecule has 1 N–H and O–H groups in total. The van der Waals surface area contributed by atoms with E-state index in [9.17, 15) is 4.79 Å². The molecule has 0 amide bonds. The molecule has 0 aliphatic carbocycles. The van der Waals surface area contributed by atoms with Crippen molar-refractivity contribution >= 4 is 39.6 Å². The zero-order valence-corrected chi connectivity index (χ0v) is 12.2. The lowest BCUT2D eigenvalue weighted by molar-refractivity contribution is 0.560. The van der Waals surface area contributed by atoms with Crippen LogP contribution >= 0.6 is 22.9 Å². The van der Waals surface area contributed by atoms with E-state index in [1.165, 1.54) is 17.4 Å². The van der Waals surface area contributed by atoms with Gasteiger partial charge in [0.25, 0.3) is 0 Å². The maximum atomic E-state index is 11.4. The van der Waals surface area contributed by atoms with E-state index >= 15 is 0 Å². The molecule has 0 aliphatic heterocycles. The lowest BCUT2D eigenvalue weighted by Crippen LogP contribution is -2.00. The highest BCUT2D eigenvalue weighted by Gasteiger charge is 2.04. The van der Waals surface area contributed by atoms with Crippen LogP contribution in [0.1, 0.15) is 10.4 Å². The first kappa shape index (κ1) is 13.1. The van der Waals surface area contributed by atoms with Gasteiger partial charge in [-0.15, -0.1) is 11.3 Å². The van der Waals surface area contributed by atoms with Crippen LogP contribution in [0.3, 0.4) is 0 Å². The number of anilines is 1. The van der Waals surface area contributed by atoms with Crippen molar-refractivity contribution in [2.24, 2.45) is 0 Å². The van der Waals surface area contributed by atoms with Gasteiger partial charge >= 0.3 is 5.63 Å². The Labute approximate surface area is 124 Å². The van der Waals surface area contributed by atoms with E-state index < -0.39 is 0 Å². The molecule has 1 aromatic carbocycles. The third-order valence-corrected chi connectivity index (χ3v) is 4.06. The maximum absolute atomic E-state index is 11.4. The Kier molecular flexibility index (Phi) is 3.46. The number of benzene rings is 1. The van der Waals surface area contributed by atoms with E-state index in [1.54, 1.807) is 6.20 Å². The predicted octanol–water partition coefficient (Wildman–Crippen LogP) is 3.82. The molecule has 0 saturated heterocycles. The molecule has 4 nitrogen and oxygen atoms in total. The topological polar surface area (TPSA) is 55.1 Å². The van der Waals surface area contributed by atoms with Crippen LogP contribution in [0.25, 0.3) is 11.0 Å². The summed E-state index contributed by atoms with van der Waals surface area (Å²) in [4.78, 5) is 16.4. The van der Waals surface area contributed by atoms with E-state index in [2.05, 4.69) is 10.3 Å². The minimum Gasteiger partial charge on any atom is -0.423 e. The van der Waals surface area contributed by atoms with Crippen LogP contribution in [0.4, 0.5) is 5.69 Å². The summed E-state index contributed by atoms with van der Waals surface area (Å²) in [5.74, 6) is 0. The lowest BCUT2D eigenvalue weighted by Gasteiger charge is -2.06. The molecule has 0 atom stereocenters. The van der Waals surface area contributed by atoms with Crippen LogP contribution in [-0.2, 0) is 6.54 Å². The number of hydrogen-bond donors (Lipinski definition) is 1. The molecule has 0 fully saturated rings. The van der Waals surface area contributed by atoms with Gasteiger partial charge in [-0.25, -0.2) is 9.78 Å². The Balaban J connectivity index is 1.87. The summed E-state index contributed by atoms with van der Waals surface area (Å²) in [5, 5.41) is 4.20. The second kappa shape index (κ2) is 5.26. The van der Waals surface area contributed by atoms with E-state index in [1.807, 2.05) is 25.1 Å². The molecule has 3 rings (SSSR count). The maximum Gasteiger partial charge on any atom is 0.336 e. The molecular weight excluding hydrogens is 296 g/mol. The fourth-order valence-corrected chi connectivity index (χ4v) is 2.91. The summed E-state index contributed by atoms with van der Waals surface area (Å²) >= 11 is 7.22. The summed E-state index contributed by atoms with van der Waals surface area (Å²) in [5.41, 5.74) is 2.05. The van der Waals surface area contributed by atoms with E-state index in [-0.39, 0.29) is 5.63 Å². The zero-order chi connectivity index (χ0) is 14.1. The fraction of sp³-hybridized carbons (Fsp3) is 0.143. The number of nitrogens with zero attached hydrogens (tertiary/aromatic N) is 1. The molecule has 2 aromatic heterocycles. The summed E-state index contributed by atoms with van der Waals surface area (Å²) < 4.78 is 5.74. The van der Waals surface area contributed by atoms with Crippen LogP contribution in [0, 0.1) is 6.92 Å². The number of rotatable bonds is 3. The summed E-state index contributed by atoms with van der Waals surface area (Å²) in [6.45, 7) is 2.53. The fourth-order valence-electron chi connectivity index (χ4n) is 1.99. The first-order chi connectivity index (χ1) is 9.61. The van der Waals surface area contributed by atoms with Crippen molar-refractivity contribution in [3.05, 3.63) is 55.8 Å². The molecule has 0 radical (unpaired) electrons. The van der Waals surface area contributed by atoms with Gasteiger partial charge < -0.3 is 9.73 Å². The van der Waals surface area contributed by atoms with Crippen molar-refractivity contribution in [2.45, 2.75) is 13.5 Å². The molecule has 0 aliphatic rings. The number of fused-ring (bicyclic) bond motifs is 1. The molecule has 0 bridgehead atoms. The molecule has 102 valence electrons. The third-order valence-electron chi connectivity index (χ3n) is 2.94. The second-order valence-electron chi connectivity index (χ2n) is 4.39. The quantitative estimate of drug-likeness (QED) is 0.747. The van der Waals surface area contributed by atoms with Crippen molar-refractivity contribution in [1.82, 2.24) is 4.98 Å². The Morgan fingerprint density at radius 1 is 1.40 bits per heavy atom. The number of halogens is 1. The summed E-state index contributed by atoms with van der Waals surface area (Å²) in [6, 6.07) is 7.22. The molecule has 0 spiro atoms. The smallest absolute Gasteiger partial charge is 0.336 e. The molecule has 0 saturated carbocycles. The van der Waals surface area contributed by atoms with Crippen molar-refractivity contribution in [2.75, 3.05) is 5.32 Å². The van der Waals surface area contributed by atoms with Gasteiger partial charge in [0, 0.05) is 34.3 Å². The molecule has 3 aromatic rings. The first-order valence-corrected chi connectivity index (χ1v) is 7.20. The van der Waals surface area contributed by atoms with Crippen LogP contribution in [0.5, 0.6) is 0 Å². The van der Waals surface area contributed by atoms with Gasteiger partial charge in [0.1, 0.15) is 5.58 Å². The van der Waals surface area contributed by atoms with E-state index in [0.29, 0.717) is 16.6 Å². The average Bonchev–Trinajstić information content (AvgIpc) is 2.81. The van der Waals surface area contributed by atoms with Gasteiger partial charge in [-0.1, -0.05) is 11.6 Å². The van der Waals surface area contributed by atoms with Crippen molar-refractivity contribution in [3.8, 4) is 0 Å². The van der Waals surface area contributed by atoms with Gasteiger partial charge in [0.2, 0.25) is 0 Å². The average molecular weight is 307 g/mol. The van der Waals surface area contributed by atoms with Crippen molar-refractivity contribution < 1.29 is 4.42 Å². The molecular formula is C14H11ClN2O2S. The lowest BCUT2D eigenvalue weighted by atomic mass is 10.1. The third kappa shape index (κ3) is 2.69. The summed E-state index contributed by atoms with van der Waals surface area (Å²) in [7, 11) is 0. The molecule has 2 heterocycles. The minimum absolute atomic E-state index is 0.332. The van der Waals surface area contributed by atoms with Crippen LogP contribution in [-0.4, -0.2) is 4.98 Å². The Hall–Kier alpha value is -1.85. The molecule has 20 heavy (non-hydrogen) atoms. The molecule has 0 unspecified atom stereocenters. The Morgan fingerprint density at radius 2 is 2.25 bits per heavy atom. The van der Waals surface area contributed by atoms with Crippen LogP contribution in [0.2, 0.25) is 4.47 Å².